The Morgan fingerprint density at radius 2 is 2.44 bits per heavy atom. The van der Waals surface area contributed by atoms with Crippen LogP contribution in [0.25, 0.3) is 0 Å². The Morgan fingerprint density at radius 3 is 2.78 bits per heavy atom. The SMILES string of the molecule is C=C[C@@H](O)CN1CC1=C. The molecule has 1 atom stereocenters. The lowest BCUT2D eigenvalue weighted by Gasteiger charge is -2.03. The molecule has 9 heavy (non-hydrogen) atoms. The van der Waals surface area contributed by atoms with E-state index in [4.69, 9.17) is 5.11 Å². The van der Waals surface area contributed by atoms with E-state index < -0.39 is 6.10 Å². The third-order valence-electron chi connectivity index (χ3n) is 1.40. The van der Waals surface area contributed by atoms with E-state index in [2.05, 4.69) is 13.2 Å². The molecule has 1 rings (SSSR count). The molecule has 0 radical (unpaired) electrons. The fourth-order valence-electron chi connectivity index (χ4n) is 0.679. The molecular formula is C7H11NO. The van der Waals surface area contributed by atoms with Crippen molar-refractivity contribution in [3.63, 3.8) is 0 Å². The first-order valence-electron chi connectivity index (χ1n) is 2.97. The summed E-state index contributed by atoms with van der Waals surface area (Å²) in [7, 11) is 0. The molecule has 1 N–H and O–H groups in total. The maximum Gasteiger partial charge on any atom is 0.0893 e. The smallest absolute Gasteiger partial charge is 0.0893 e. The zero-order valence-corrected chi connectivity index (χ0v) is 5.38. The van der Waals surface area contributed by atoms with E-state index in [0.29, 0.717) is 6.54 Å². The van der Waals surface area contributed by atoms with Crippen LogP contribution in [0.15, 0.2) is 24.9 Å². The summed E-state index contributed by atoms with van der Waals surface area (Å²) < 4.78 is 0. The Morgan fingerprint density at radius 1 is 1.89 bits per heavy atom. The van der Waals surface area contributed by atoms with Crippen LogP contribution in [-0.2, 0) is 0 Å². The topological polar surface area (TPSA) is 23.2 Å². The summed E-state index contributed by atoms with van der Waals surface area (Å²) in [5.74, 6) is 0. The summed E-state index contributed by atoms with van der Waals surface area (Å²) in [6, 6.07) is 0. The fourth-order valence-corrected chi connectivity index (χ4v) is 0.679. The second-order valence-corrected chi connectivity index (χ2v) is 2.25. The minimum Gasteiger partial charge on any atom is -0.387 e. The summed E-state index contributed by atoms with van der Waals surface area (Å²) >= 11 is 0. The second-order valence-electron chi connectivity index (χ2n) is 2.25. The standard InChI is InChI=1S/C7H11NO/c1-3-7(9)5-8-4-6(8)2/h3,7,9H,1-2,4-5H2/t7-,8?/m1/s1. The number of rotatable bonds is 3. The highest BCUT2D eigenvalue weighted by atomic mass is 16.3. The minimum absolute atomic E-state index is 0.399. The van der Waals surface area contributed by atoms with Crippen LogP contribution >= 0.6 is 0 Å². The molecule has 1 saturated heterocycles. The molecule has 0 unspecified atom stereocenters. The van der Waals surface area contributed by atoms with E-state index in [-0.39, 0.29) is 0 Å². The molecule has 1 aliphatic heterocycles. The van der Waals surface area contributed by atoms with Crippen molar-refractivity contribution in [1.82, 2.24) is 4.90 Å². The van der Waals surface area contributed by atoms with Gasteiger partial charge in [0, 0.05) is 12.2 Å². The van der Waals surface area contributed by atoms with Crippen LogP contribution in [0.2, 0.25) is 0 Å². The van der Waals surface area contributed by atoms with Crippen molar-refractivity contribution in [2.45, 2.75) is 6.10 Å². The lowest BCUT2D eigenvalue weighted by molar-refractivity contribution is 0.202. The third kappa shape index (κ3) is 1.57. The number of hydrogen-bond acceptors (Lipinski definition) is 2. The van der Waals surface area contributed by atoms with Gasteiger partial charge in [-0.3, -0.25) is 0 Å². The first-order chi connectivity index (χ1) is 4.24. The second kappa shape index (κ2) is 2.23. The Bertz CT molecular complexity index is 142. The zero-order chi connectivity index (χ0) is 6.85. The van der Waals surface area contributed by atoms with Crippen molar-refractivity contribution in [2.75, 3.05) is 13.1 Å². The average molecular weight is 125 g/mol. The zero-order valence-electron chi connectivity index (χ0n) is 5.38. The van der Waals surface area contributed by atoms with Crippen molar-refractivity contribution in [2.24, 2.45) is 0 Å². The van der Waals surface area contributed by atoms with E-state index in [0.717, 1.165) is 12.2 Å². The number of nitrogens with zero attached hydrogens (tertiary/aromatic N) is 1. The van der Waals surface area contributed by atoms with Crippen LogP contribution in [0.3, 0.4) is 0 Å². The van der Waals surface area contributed by atoms with Crippen molar-refractivity contribution in [1.29, 1.82) is 0 Å². The lowest BCUT2D eigenvalue weighted by atomic mass is 10.3. The van der Waals surface area contributed by atoms with Gasteiger partial charge in [-0.15, -0.1) is 6.58 Å². The number of hydrogen-bond donors (Lipinski definition) is 1. The Hall–Kier alpha value is -0.760. The van der Waals surface area contributed by atoms with Gasteiger partial charge >= 0.3 is 0 Å². The maximum absolute atomic E-state index is 8.99. The van der Waals surface area contributed by atoms with Crippen molar-refractivity contribution >= 4 is 0 Å². The molecule has 0 amide bonds. The van der Waals surface area contributed by atoms with E-state index in [9.17, 15) is 0 Å². The van der Waals surface area contributed by atoms with Gasteiger partial charge in [0.05, 0.1) is 12.6 Å². The van der Waals surface area contributed by atoms with Gasteiger partial charge in [0.1, 0.15) is 0 Å². The van der Waals surface area contributed by atoms with Gasteiger partial charge in [-0.05, 0) is 0 Å². The molecule has 0 aromatic heterocycles. The highest BCUT2D eigenvalue weighted by Crippen LogP contribution is 2.18. The quantitative estimate of drug-likeness (QED) is 0.435. The molecule has 0 aliphatic carbocycles. The van der Waals surface area contributed by atoms with E-state index in [1.54, 1.807) is 0 Å². The molecule has 2 heteroatoms. The van der Waals surface area contributed by atoms with Crippen LogP contribution in [0.4, 0.5) is 0 Å². The predicted molar refractivity (Wildman–Crippen MR) is 36.9 cm³/mol. The predicted octanol–water partition coefficient (Wildman–Crippen LogP) is 0.363. The largest absolute Gasteiger partial charge is 0.387 e. The van der Waals surface area contributed by atoms with Gasteiger partial charge in [-0.2, -0.15) is 0 Å². The molecule has 1 aliphatic rings. The summed E-state index contributed by atoms with van der Waals surface area (Å²) in [6.07, 6.45) is 1.13. The fraction of sp³-hybridized carbons (Fsp3) is 0.429. The molecule has 0 aromatic carbocycles. The van der Waals surface area contributed by atoms with E-state index in [1.807, 2.05) is 4.90 Å². The normalized spacial score (nSPS) is 19.7. The van der Waals surface area contributed by atoms with E-state index in [1.165, 1.54) is 6.08 Å². The lowest BCUT2D eigenvalue weighted by Crippen LogP contribution is -2.15. The van der Waals surface area contributed by atoms with Gasteiger partial charge < -0.3 is 10.0 Å². The van der Waals surface area contributed by atoms with Gasteiger partial charge in [0.15, 0.2) is 0 Å². The molecule has 1 heterocycles. The molecular weight excluding hydrogens is 114 g/mol. The van der Waals surface area contributed by atoms with Crippen molar-refractivity contribution in [3.05, 3.63) is 24.9 Å². The number of aliphatic hydroxyl groups is 1. The van der Waals surface area contributed by atoms with Crippen LogP contribution < -0.4 is 0 Å². The van der Waals surface area contributed by atoms with Crippen LogP contribution in [-0.4, -0.2) is 29.2 Å². The monoisotopic (exact) mass is 125 g/mol. The van der Waals surface area contributed by atoms with Gasteiger partial charge in [0.2, 0.25) is 0 Å². The molecule has 0 aromatic rings. The Kier molecular flexibility index (Phi) is 1.58. The molecule has 2 nitrogen and oxygen atoms in total. The molecule has 50 valence electrons. The van der Waals surface area contributed by atoms with Crippen LogP contribution in [0, 0.1) is 0 Å². The van der Waals surface area contributed by atoms with Crippen molar-refractivity contribution in [3.8, 4) is 0 Å². The molecule has 0 bridgehead atoms. The Balaban J connectivity index is 2.18. The average Bonchev–Trinajstić information content (AvgIpc) is 2.47. The van der Waals surface area contributed by atoms with Gasteiger partial charge in [-0.1, -0.05) is 12.7 Å². The highest BCUT2D eigenvalue weighted by molar-refractivity contribution is 5.13. The summed E-state index contributed by atoms with van der Waals surface area (Å²) in [4.78, 5) is 2.01. The van der Waals surface area contributed by atoms with Crippen LogP contribution in [0.1, 0.15) is 0 Å². The summed E-state index contributed by atoms with van der Waals surface area (Å²) in [5.41, 5.74) is 1.11. The summed E-state index contributed by atoms with van der Waals surface area (Å²) in [6.45, 7) is 8.77. The number of aliphatic hydroxyl groups excluding tert-OH is 1. The number of β-amino-alcohol motifs (C(OH)–C–C–N with tert-alkyl or cyclic N) is 1. The first kappa shape index (κ1) is 6.36. The van der Waals surface area contributed by atoms with Gasteiger partial charge in [-0.25, -0.2) is 0 Å². The highest BCUT2D eigenvalue weighted by Gasteiger charge is 2.23. The molecule has 1 fully saturated rings. The van der Waals surface area contributed by atoms with Crippen LogP contribution in [0.5, 0.6) is 0 Å². The first-order valence-corrected chi connectivity index (χ1v) is 2.97. The third-order valence-corrected chi connectivity index (χ3v) is 1.40. The summed E-state index contributed by atoms with van der Waals surface area (Å²) in [5, 5.41) is 8.99. The maximum atomic E-state index is 8.99. The Labute approximate surface area is 55.1 Å². The molecule has 0 spiro atoms. The van der Waals surface area contributed by atoms with E-state index >= 15 is 0 Å². The van der Waals surface area contributed by atoms with Crippen molar-refractivity contribution < 1.29 is 5.11 Å². The minimum atomic E-state index is -0.399. The van der Waals surface area contributed by atoms with Gasteiger partial charge in [0.25, 0.3) is 0 Å². The molecule has 0 saturated carbocycles.